The molecule has 0 unspecified atom stereocenters. The number of hydrogen-bond donors (Lipinski definition) is 1. The number of amides is 1. The van der Waals surface area contributed by atoms with Crippen molar-refractivity contribution in [1.29, 1.82) is 0 Å². The van der Waals surface area contributed by atoms with Gasteiger partial charge in [0.25, 0.3) is 0 Å². The molecule has 0 aliphatic carbocycles. The molecule has 2 N–H and O–H groups in total. The van der Waals surface area contributed by atoms with Crippen LogP contribution in [0.3, 0.4) is 0 Å². The number of carbonyl (C=O) groups excluding carboxylic acids is 1. The Morgan fingerprint density at radius 2 is 2.08 bits per heavy atom. The quantitative estimate of drug-likeness (QED) is 0.737. The van der Waals surface area contributed by atoms with Crippen molar-refractivity contribution in [3.05, 3.63) is 54.1 Å². The summed E-state index contributed by atoms with van der Waals surface area (Å²) in [6, 6.07) is 3.91. The molecule has 7 heteroatoms. The van der Waals surface area contributed by atoms with Crippen LogP contribution < -0.4 is 5.73 Å². The largest absolute Gasteiger partial charge is 0.368 e. The molecule has 24 heavy (non-hydrogen) atoms. The normalized spacial score (nSPS) is 11.2. The van der Waals surface area contributed by atoms with Crippen LogP contribution >= 0.6 is 0 Å². The lowest BCUT2D eigenvalue weighted by Crippen LogP contribution is -2.24. The highest BCUT2D eigenvalue weighted by molar-refractivity contribution is 5.92. The first kappa shape index (κ1) is 15.7. The van der Waals surface area contributed by atoms with Gasteiger partial charge in [-0.15, -0.1) is 0 Å². The lowest BCUT2D eigenvalue weighted by molar-refractivity contribution is -0.125. The minimum atomic E-state index is -0.104. The van der Waals surface area contributed by atoms with E-state index >= 15 is 0 Å². The van der Waals surface area contributed by atoms with Crippen LogP contribution in [0.25, 0.3) is 17.1 Å². The van der Waals surface area contributed by atoms with Crippen molar-refractivity contribution in [3.63, 3.8) is 0 Å². The number of nitrogens with two attached hydrogens (primary N) is 1. The van der Waals surface area contributed by atoms with Gasteiger partial charge in [-0.2, -0.15) is 0 Å². The third-order valence-corrected chi connectivity index (χ3v) is 3.71. The van der Waals surface area contributed by atoms with E-state index in [-0.39, 0.29) is 11.9 Å². The number of hydrogen-bond acceptors (Lipinski definition) is 5. The maximum atomic E-state index is 12.3. The second-order valence-corrected chi connectivity index (χ2v) is 5.54. The number of anilines is 1. The molecule has 0 radical (unpaired) electrons. The smallest absolute Gasteiger partial charge is 0.246 e. The molecular weight excluding hydrogens is 304 g/mol. The Labute approximate surface area is 139 Å². The molecule has 3 aromatic rings. The maximum absolute atomic E-state index is 12.3. The van der Waals surface area contributed by atoms with Crippen molar-refractivity contribution >= 4 is 29.0 Å². The lowest BCUT2D eigenvalue weighted by atomic mass is 10.2. The Balaban J connectivity index is 1.72. The Kier molecular flexibility index (Phi) is 4.24. The molecule has 0 aliphatic rings. The molecule has 0 saturated heterocycles. The van der Waals surface area contributed by atoms with Crippen molar-refractivity contribution in [2.45, 2.75) is 6.54 Å². The molecule has 3 rings (SSSR count). The minimum absolute atomic E-state index is 0.104. The summed E-state index contributed by atoms with van der Waals surface area (Å²) in [5.74, 6) is 0.105. The van der Waals surface area contributed by atoms with Gasteiger partial charge in [-0.3, -0.25) is 4.79 Å². The number of carbonyl (C=O) groups is 1. The summed E-state index contributed by atoms with van der Waals surface area (Å²) in [5, 5.41) is 1.05. The fourth-order valence-corrected chi connectivity index (χ4v) is 2.48. The molecule has 7 nitrogen and oxygen atoms in total. The van der Waals surface area contributed by atoms with E-state index in [1.54, 1.807) is 36.6 Å². The Hall–Kier alpha value is -3.22. The van der Waals surface area contributed by atoms with Crippen molar-refractivity contribution in [2.75, 3.05) is 12.8 Å². The van der Waals surface area contributed by atoms with Crippen molar-refractivity contribution < 1.29 is 4.79 Å². The standard InChI is InChI=1S/C17H18N6O/c1-22(15(24)6-5-12-8-20-17(18)21-9-12)10-13-11-23(2)16-14(13)4-3-7-19-16/h3-9,11H,10H2,1-2H3,(H2,18,20,21)/b6-5+. The Morgan fingerprint density at radius 3 is 2.83 bits per heavy atom. The van der Waals surface area contributed by atoms with Crippen molar-refractivity contribution in [3.8, 4) is 0 Å². The van der Waals surface area contributed by atoms with Gasteiger partial charge in [0.05, 0.1) is 0 Å². The second-order valence-electron chi connectivity index (χ2n) is 5.54. The van der Waals surface area contributed by atoms with E-state index in [0.717, 1.165) is 22.2 Å². The van der Waals surface area contributed by atoms with Crippen LogP contribution in [0.4, 0.5) is 5.95 Å². The highest BCUT2D eigenvalue weighted by Gasteiger charge is 2.11. The third kappa shape index (κ3) is 3.24. The predicted octanol–water partition coefficient (Wildman–Crippen LogP) is 1.62. The zero-order valence-electron chi connectivity index (χ0n) is 13.5. The molecule has 0 saturated carbocycles. The van der Waals surface area contributed by atoms with E-state index in [0.29, 0.717) is 6.54 Å². The van der Waals surface area contributed by atoms with E-state index in [2.05, 4.69) is 15.0 Å². The first-order valence-electron chi connectivity index (χ1n) is 7.44. The maximum Gasteiger partial charge on any atom is 0.246 e. The first-order valence-corrected chi connectivity index (χ1v) is 7.44. The summed E-state index contributed by atoms with van der Waals surface area (Å²) < 4.78 is 1.96. The highest BCUT2D eigenvalue weighted by atomic mass is 16.2. The lowest BCUT2D eigenvalue weighted by Gasteiger charge is -2.14. The monoisotopic (exact) mass is 322 g/mol. The van der Waals surface area contributed by atoms with Gasteiger partial charge in [-0.1, -0.05) is 0 Å². The SMILES string of the molecule is CN(Cc1cn(C)c2ncccc12)C(=O)/C=C/c1cnc(N)nc1. The van der Waals surface area contributed by atoms with E-state index in [1.807, 2.05) is 29.9 Å². The van der Waals surface area contributed by atoms with Crippen LogP contribution in [-0.4, -0.2) is 37.4 Å². The summed E-state index contributed by atoms with van der Waals surface area (Å²) in [5.41, 5.74) is 8.12. The highest BCUT2D eigenvalue weighted by Crippen LogP contribution is 2.19. The molecule has 0 aromatic carbocycles. The summed E-state index contributed by atoms with van der Waals surface area (Å²) >= 11 is 0. The van der Waals surface area contributed by atoms with Crippen LogP contribution in [0.1, 0.15) is 11.1 Å². The molecular formula is C17H18N6O. The van der Waals surface area contributed by atoms with Crippen molar-refractivity contribution in [1.82, 2.24) is 24.4 Å². The topological polar surface area (TPSA) is 89.9 Å². The van der Waals surface area contributed by atoms with E-state index in [1.165, 1.54) is 6.08 Å². The molecule has 3 aromatic heterocycles. The number of nitrogens with zero attached hydrogens (tertiary/aromatic N) is 5. The van der Waals surface area contributed by atoms with Crippen LogP contribution in [0, 0.1) is 0 Å². The summed E-state index contributed by atoms with van der Waals surface area (Å²) in [4.78, 5) is 26.1. The minimum Gasteiger partial charge on any atom is -0.368 e. The van der Waals surface area contributed by atoms with Gasteiger partial charge in [0, 0.05) is 62.5 Å². The van der Waals surface area contributed by atoms with Crippen LogP contribution in [0.2, 0.25) is 0 Å². The van der Waals surface area contributed by atoms with Gasteiger partial charge in [-0.05, 0) is 23.8 Å². The summed E-state index contributed by atoms with van der Waals surface area (Å²) in [6.07, 6.45) is 10.1. The third-order valence-electron chi connectivity index (χ3n) is 3.71. The predicted molar refractivity (Wildman–Crippen MR) is 92.7 cm³/mol. The summed E-state index contributed by atoms with van der Waals surface area (Å²) in [7, 11) is 3.71. The number of aromatic nitrogens is 4. The molecule has 0 bridgehead atoms. The molecule has 1 amide bonds. The zero-order valence-corrected chi connectivity index (χ0v) is 13.5. The van der Waals surface area contributed by atoms with Crippen LogP contribution in [0.5, 0.6) is 0 Å². The number of nitrogen functional groups attached to an aromatic ring is 1. The number of fused-ring (bicyclic) bond motifs is 1. The van der Waals surface area contributed by atoms with Gasteiger partial charge in [0.2, 0.25) is 11.9 Å². The Bertz CT molecular complexity index is 897. The van der Waals surface area contributed by atoms with Crippen LogP contribution in [-0.2, 0) is 18.4 Å². The van der Waals surface area contributed by atoms with Gasteiger partial charge < -0.3 is 15.2 Å². The summed E-state index contributed by atoms with van der Waals surface area (Å²) in [6.45, 7) is 0.504. The molecule has 3 heterocycles. The number of pyridine rings is 1. The van der Waals surface area contributed by atoms with Crippen molar-refractivity contribution in [2.24, 2.45) is 7.05 Å². The van der Waals surface area contributed by atoms with E-state index < -0.39 is 0 Å². The van der Waals surface area contributed by atoms with E-state index in [9.17, 15) is 4.79 Å². The number of likely N-dealkylation sites (N-methyl/N-ethyl adjacent to an activating group) is 1. The zero-order chi connectivity index (χ0) is 17.1. The average Bonchev–Trinajstić information content (AvgIpc) is 2.90. The molecule has 0 atom stereocenters. The fourth-order valence-electron chi connectivity index (χ4n) is 2.48. The van der Waals surface area contributed by atoms with Gasteiger partial charge in [-0.25, -0.2) is 15.0 Å². The number of rotatable bonds is 4. The Morgan fingerprint density at radius 1 is 1.33 bits per heavy atom. The number of aryl methyl sites for hydroxylation is 1. The average molecular weight is 322 g/mol. The van der Waals surface area contributed by atoms with Gasteiger partial charge >= 0.3 is 0 Å². The molecule has 0 spiro atoms. The fraction of sp³-hybridized carbons (Fsp3) is 0.176. The van der Waals surface area contributed by atoms with Crippen LogP contribution in [0.15, 0.2) is 43.0 Å². The molecule has 122 valence electrons. The first-order chi connectivity index (χ1) is 11.5. The second kappa shape index (κ2) is 6.49. The van der Waals surface area contributed by atoms with Gasteiger partial charge in [0.1, 0.15) is 5.65 Å². The molecule has 0 aliphatic heterocycles. The van der Waals surface area contributed by atoms with Gasteiger partial charge in [0.15, 0.2) is 0 Å². The molecule has 0 fully saturated rings. The van der Waals surface area contributed by atoms with E-state index in [4.69, 9.17) is 5.73 Å².